The number of ether oxygens (including phenoxy) is 1. The Morgan fingerprint density at radius 2 is 1.62 bits per heavy atom. The van der Waals surface area contributed by atoms with E-state index in [9.17, 15) is 27.6 Å². The number of alkyl halides is 3. The van der Waals surface area contributed by atoms with Crippen molar-refractivity contribution in [2.45, 2.75) is 86.4 Å². The molecule has 3 aromatic heterocycles. The molecule has 13 nitrogen and oxygen atoms in total. The Morgan fingerprint density at radius 3 is 2.25 bits per heavy atom. The number of aryl methyl sites for hydroxylation is 3. The third-order valence-corrected chi connectivity index (χ3v) is 11.3. The van der Waals surface area contributed by atoms with Crippen LogP contribution in [0.5, 0.6) is 5.75 Å². The number of carbonyl (C=O) groups excluding carboxylic acids is 2. The molecular formula is C47H53ClF3N9O4. The van der Waals surface area contributed by atoms with Gasteiger partial charge < -0.3 is 24.4 Å². The van der Waals surface area contributed by atoms with E-state index in [0.29, 0.717) is 73.1 Å². The van der Waals surface area contributed by atoms with Gasteiger partial charge in [-0.25, -0.2) is 9.97 Å². The molecule has 0 saturated carbocycles. The lowest BCUT2D eigenvalue weighted by molar-refractivity contribution is -0.137. The predicted molar refractivity (Wildman–Crippen MR) is 242 cm³/mol. The Morgan fingerprint density at radius 1 is 0.891 bits per heavy atom. The minimum absolute atomic E-state index is 0.00842. The summed E-state index contributed by atoms with van der Waals surface area (Å²) in [6.45, 7) is 13.1. The molecule has 64 heavy (non-hydrogen) atoms. The van der Waals surface area contributed by atoms with E-state index < -0.39 is 23.2 Å². The van der Waals surface area contributed by atoms with E-state index in [-0.39, 0.29) is 34.8 Å². The second kappa shape index (κ2) is 20.9. The SMILES string of the molecule is CCCOc1ccc(-c2nc3n(CC(=O)Nc4ccc(C(F)(F)F)cc4Cl)c(CC)c(N4CCN(C(=O)c5ncnc(C)c5C)CC4)c(=O)n3n2)cc1CCC.CCc1ccccc1. The molecule has 2 amide bonds. The van der Waals surface area contributed by atoms with Gasteiger partial charge in [0.15, 0.2) is 5.82 Å². The maximum atomic E-state index is 14.5. The van der Waals surface area contributed by atoms with Crippen molar-refractivity contribution in [2.24, 2.45) is 0 Å². The van der Waals surface area contributed by atoms with Gasteiger partial charge in [-0.3, -0.25) is 14.4 Å². The van der Waals surface area contributed by atoms with Gasteiger partial charge in [0.05, 0.1) is 28.6 Å². The summed E-state index contributed by atoms with van der Waals surface area (Å²) < 4.78 is 48.7. The van der Waals surface area contributed by atoms with Gasteiger partial charge in [0.1, 0.15) is 30.0 Å². The summed E-state index contributed by atoms with van der Waals surface area (Å²) in [6, 6.07) is 18.8. The molecule has 338 valence electrons. The second-order valence-electron chi connectivity index (χ2n) is 15.4. The van der Waals surface area contributed by atoms with Crippen molar-refractivity contribution >= 4 is 40.6 Å². The maximum absolute atomic E-state index is 14.5. The quantitative estimate of drug-likeness (QED) is 0.121. The minimum atomic E-state index is -4.61. The minimum Gasteiger partial charge on any atom is -0.493 e. The third-order valence-electron chi connectivity index (χ3n) is 11.0. The molecule has 7 rings (SSSR count). The molecule has 0 spiro atoms. The highest BCUT2D eigenvalue weighted by Crippen LogP contribution is 2.34. The van der Waals surface area contributed by atoms with Crippen LogP contribution in [0.3, 0.4) is 0 Å². The lowest BCUT2D eigenvalue weighted by Gasteiger charge is -2.36. The molecule has 1 aliphatic heterocycles. The summed E-state index contributed by atoms with van der Waals surface area (Å²) in [5, 5.41) is 7.00. The average Bonchev–Trinajstić information content (AvgIpc) is 3.75. The lowest BCUT2D eigenvalue weighted by atomic mass is 10.1. The number of carbonyl (C=O) groups is 2. The summed E-state index contributed by atoms with van der Waals surface area (Å²) in [4.78, 5) is 58.4. The molecular weight excluding hydrogens is 847 g/mol. The van der Waals surface area contributed by atoms with Crippen LogP contribution in [0, 0.1) is 13.8 Å². The number of nitrogens with one attached hydrogen (secondary N) is 1. The van der Waals surface area contributed by atoms with Crippen molar-refractivity contribution in [2.75, 3.05) is 43.0 Å². The Bertz CT molecular complexity index is 2660. The van der Waals surface area contributed by atoms with E-state index in [1.807, 2.05) is 49.9 Å². The lowest BCUT2D eigenvalue weighted by Crippen LogP contribution is -2.51. The van der Waals surface area contributed by atoms with Crippen molar-refractivity contribution in [3.05, 3.63) is 128 Å². The molecule has 4 heterocycles. The Labute approximate surface area is 375 Å². The van der Waals surface area contributed by atoms with Crippen molar-refractivity contribution in [1.29, 1.82) is 0 Å². The van der Waals surface area contributed by atoms with E-state index in [1.54, 1.807) is 16.4 Å². The van der Waals surface area contributed by atoms with E-state index in [0.717, 1.165) is 55.2 Å². The molecule has 0 bridgehead atoms. The monoisotopic (exact) mass is 899 g/mol. The number of anilines is 2. The topological polar surface area (TPSA) is 140 Å². The zero-order valence-electron chi connectivity index (χ0n) is 36.9. The number of benzene rings is 3. The molecule has 1 N–H and O–H groups in total. The summed E-state index contributed by atoms with van der Waals surface area (Å²) in [5.41, 5.74) is 4.14. The fourth-order valence-corrected chi connectivity index (χ4v) is 7.69. The smallest absolute Gasteiger partial charge is 0.416 e. The standard InChI is InChI=1S/C39H43ClF3N9O4.C8H10/c1-6-9-25-19-26(10-13-31(25)56-18-7-2)35-47-38-51(21-32(53)46-29-12-11-27(20-28(29)40)39(41,42)43)30(8-3)34(37(55)52(38)48-35)49-14-16-50(17-15-49)36(54)33-23(4)24(5)44-22-45-33;1-2-8-6-4-3-5-7-8/h10-13,19-20,22H,6-9,14-18,21H2,1-5H3,(H,46,53);3-7H,2H2,1H3. The van der Waals surface area contributed by atoms with Crippen LogP contribution in [0.1, 0.15) is 84.7 Å². The highest BCUT2D eigenvalue weighted by molar-refractivity contribution is 6.33. The number of amides is 2. The number of hydrogen-bond acceptors (Lipinski definition) is 9. The largest absolute Gasteiger partial charge is 0.493 e. The fourth-order valence-electron chi connectivity index (χ4n) is 7.46. The van der Waals surface area contributed by atoms with Gasteiger partial charge in [-0.1, -0.05) is 76.0 Å². The first-order valence-electron chi connectivity index (χ1n) is 21.5. The molecule has 0 atom stereocenters. The molecule has 17 heteroatoms. The van der Waals surface area contributed by atoms with Crippen LogP contribution in [0.4, 0.5) is 24.5 Å². The van der Waals surface area contributed by atoms with Crippen molar-refractivity contribution in [3.63, 3.8) is 0 Å². The number of piperazine rings is 1. The molecule has 1 aliphatic rings. The van der Waals surface area contributed by atoms with Crippen LogP contribution >= 0.6 is 11.6 Å². The predicted octanol–water partition coefficient (Wildman–Crippen LogP) is 8.79. The van der Waals surface area contributed by atoms with Gasteiger partial charge in [-0.15, -0.1) is 5.10 Å². The molecule has 1 saturated heterocycles. The van der Waals surface area contributed by atoms with Crippen LogP contribution in [0.15, 0.2) is 77.9 Å². The molecule has 6 aromatic rings. The number of fused-ring (bicyclic) bond motifs is 1. The summed E-state index contributed by atoms with van der Waals surface area (Å²) in [6.07, 6.45) is 0.660. The number of nitrogens with zero attached hydrogens (tertiary/aromatic N) is 8. The van der Waals surface area contributed by atoms with Crippen LogP contribution in [0.2, 0.25) is 5.02 Å². The zero-order chi connectivity index (χ0) is 46.1. The number of rotatable bonds is 13. The number of halogens is 4. The van der Waals surface area contributed by atoms with Crippen LogP contribution in [0.25, 0.3) is 17.2 Å². The Balaban J connectivity index is 0.000000766. The van der Waals surface area contributed by atoms with Gasteiger partial charge >= 0.3 is 6.18 Å². The Kier molecular flexibility index (Phi) is 15.4. The average molecular weight is 900 g/mol. The van der Waals surface area contributed by atoms with Gasteiger partial charge in [0.2, 0.25) is 11.7 Å². The molecule has 3 aromatic carbocycles. The Hall–Kier alpha value is -6.29. The van der Waals surface area contributed by atoms with Gasteiger partial charge in [-0.2, -0.15) is 22.7 Å². The first-order valence-corrected chi connectivity index (χ1v) is 21.9. The molecule has 0 aliphatic carbocycles. The van der Waals surface area contributed by atoms with Crippen molar-refractivity contribution < 1.29 is 27.5 Å². The van der Waals surface area contributed by atoms with Gasteiger partial charge in [0, 0.05) is 43.0 Å². The summed E-state index contributed by atoms with van der Waals surface area (Å²) in [7, 11) is 0. The van der Waals surface area contributed by atoms with Gasteiger partial charge in [-0.05, 0) is 87.1 Å². The summed E-state index contributed by atoms with van der Waals surface area (Å²) >= 11 is 6.18. The zero-order valence-corrected chi connectivity index (χ0v) is 37.7. The van der Waals surface area contributed by atoms with Crippen molar-refractivity contribution in [1.82, 2.24) is 34.0 Å². The van der Waals surface area contributed by atoms with Gasteiger partial charge in [0.25, 0.3) is 11.5 Å². The summed E-state index contributed by atoms with van der Waals surface area (Å²) in [5.74, 6) is 0.274. The van der Waals surface area contributed by atoms with E-state index >= 15 is 0 Å². The highest BCUT2D eigenvalue weighted by atomic mass is 35.5. The highest BCUT2D eigenvalue weighted by Gasteiger charge is 2.32. The van der Waals surface area contributed by atoms with Crippen LogP contribution < -0.4 is 20.5 Å². The fraction of sp³-hybridized carbons (Fsp3) is 0.383. The molecule has 0 unspecified atom stereocenters. The first kappa shape index (κ1) is 47.2. The second-order valence-corrected chi connectivity index (χ2v) is 15.8. The van der Waals surface area contributed by atoms with E-state index in [2.05, 4.69) is 58.5 Å². The normalized spacial score (nSPS) is 12.8. The third kappa shape index (κ3) is 10.7. The number of hydrogen-bond donors (Lipinski definition) is 1. The molecule has 0 radical (unpaired) electrons. The van der Waals surface area contributed by atoms with E-state index in [1.165, 1.54) is 16.4 Å². The van der Waals surface area contributed by atoms with Crippen LogP contribution in [-0.2, 0) is 36.8 Å². The first-order chi connectivity index (χ1) is 30.7. The number of aromatic nitrogens is 6. The van der Waals surface area contributed by atoms with E-state index in [4.69, 9.17) is 21.3 Å². The van der Waals surface area contributed by atoms with Crippen LogP contribution in [-0.4, -0.2) is 78.6 Å². The molecule has 1 fully saturated rings. The van der Waals surface area contributed by atoms with Crippen molar-refractivity contribution in [3.8, 4) is 17.1 Å². The maximum Gasteiger partial charge on any atom is 0.416 e.